The molecule has 0 atom stereocenters. The van der Waals surface area contributed by atoms with Gasteiger partial charge in [-0.05, 0) is 11.6 Å². The van der Waals surface area contributed by atoms with E-state index < -0.39 is 0 Å². The van der Waals surface area contributed by atoms with Crippen molar-refractivity contribution >= 4 is 29.1 Å². The molecule has 1 aromatic carbocycles. The van der Waals surface area contributed by atoms with Gasteiger partial charge in [0.25, 0.3) is 0 Å². The van der Waals surface area contributed by atoms with Crippen LogP contribution in [0.15, 0.2) is 6.07 Å². The van der Waals surface area contributed by atoms with E-state index in [1.54, 1.807) is 11.8 Å². The first-order chi connectivity index (χ1) is 7.77. The molecule has 0 N–H and O–H groups in total. The van der Waals surface area contributed by atoms with Gasteiger partial charge in [0.05, 0.1) is 11.6 Å². The molecule has 84 valence electrons. The summed E-state index contributed by atoms with van der Waals surface area (Å²) in [6.07, 6.45) is 1.48. The molecule has 0 radical (unpaired) electrons. The first kappa shape index (κ1) is 10.5. The maximum Gasteiger partial charge on any atom is 0.165 e. The van der Waals surface area contributed by atoms with E-state index >= 15 is 0 Å². The molecule has 0 amide bonds. The van der Waals surface area contributed by atoms with Gasteiger partial charge in [0.1, 0.15) is 5.75 Å². The van der Waals surface area contributed by atoms with Crippen molar-refractivity contribution in [1.82, 2.24) is 0 Å². The topological polar surface area (TPSA) is 26.3 Å². The summed E-state index contributed by atoms with van der Waals surface area (Å²) in [7, 11) is 0. The van der Waals surface area contributed by atoms with Crippen molar-refractivity contribution in [2.75, 3.05) is 12.4 Å². The molecule has 0 unspecified atom stereocenters. The molecule has 2 aliphatic heterocycles. The third-order valence-electron chi connectivity index (χ3n) is 3.02. The molecule has 0 aliphatic carbocycles. The quantitative estimate of drug-likeness (QED) is 0.712. The fourth-order valence-corrected chi connectivity index (χ4v) is 3.58. The van der Waals surface area contributed by atoms with Gasteiger partial charge in [0.15, 0.2) is 5.78 Å². The summed E-state index contributed by atoms with van der Waals surface area (Å²) in [4.78, 5) is 12.0. The van der Waals surface area contributed by atoms with Crippen LogP contribution >= 0.6 is 23.4 Å². The van der Waals surface area contributed by atoms with Crippen LogP contribution in [0, 0.1) is 0 Å². The zero-order valence-corrected chi connectivity index (χ0v) is 10.3. The van der Waals surface area contributed by atoms with Gasteiger partial charge in [-0.3, -0.25) is 4.79 Å². The summed E-state index contributed by atoms with van der Waals surface area (Å²) in [6.45, 7) is 0.709. The predicted octanol–water partition coefficient (Wildman–Crippen LogP) is 3.09. The Kier molecular flexibility index (Phi) is 2.60. The van der Waals surface area contributed by atoms with Crippen LogP contribution in [0.4, 0.5) is 0 Å². The van der Waals surface area contributed by atoms with Crippen LogP contribution in [0.3, 0.4) is 0 Å². The minimum absolute atomic E-state index is 0.156. The summed E-state index contributed by atoms with van der Waals surface area (Å²) < 4.78 is 5.63. The number of ketones is 1. The third-order valence-corrected chi connectivity index (χ3v) is 4.31. The van der Waals surface area contributed by atoms with E-state index in [1.165, 1.54) is 0 Å². The number of fused-ring (bicyclic) bond motifs is 3. The van der Waals surface area contributed by atoms with Gasteiger partial charge < -0.3 is 4.74 Å². The van der Waals surface area contributed by atoms with Crippen molar-refractivity contribution in [3.8, 4) is 5.75 Å². The molecular weight excluding hydrogens is 244 g/mol. The molecule has 2 heterocycles. The number of ether oxygens (including phenoxy) is 1. The summed E-state index contributed by atoms with van der Waals surface area (Å²) in [5.41, 5.74) is 2.87. The fraction of sp³-hybridized carbons (Fsp3) is 0.417. The van der Waals surface area contributed by atoms with Gasteiger partial charge in [-0.25, -0.2) is 0 Å². The van der Waals surface area contributed by atoms with E-state index in [4.69, 9.17) is 16.3 Å². The second-order valence-electron chi connectivity index (χ2n) is 4.02. The standard InChI is InChI=1S/C12H11ClO2S/c13-9-5-7-1-3-15-12(7)8-6-16-4-2-10(14)11(8)9/h5H,1-4,6H2. The van der Waals surface area contributed by atoms with Crippen LogP contribution in [0.5, 0.6) is 5.75 Å². The lowest BCUT2D eigenvalue weighted by Crippen LogP contribution is -2.04. The normalized spacial score (nSPS) is 18.7. The average Bonchev–Trinajstić information content (AvgIpc) is 2.62. The lowest BCUT2D eigenvalue weighted by molar-refractivity contribution is 0.0989. The molecule has 16 heavy (non-hydrogen) atoms. The van der Waals surface area contributed by atoms with Crippen molar-refractivity contribution < 1.29 is 9.53 Å². The summed E-state index contributed by atoms with van der Waals surface area (Å²) in [5.74, 6) is 2.79. The van der Waals surface area contributed by atoms with Gasteiger partial charge >= 0.3 is 0 Å². The highest BCUT2D eigenvalue weighted by atomic mass is 35.5. The Balaban J connectivity index is 2.25. The van der Waals surface area contributed by atoms with Crippen molar-refractivity contribution in [3.63, 3.8) is 0 Å². The number of Topliss-reactive ketones (excluding diaryl/α,β-unsaturated/α-hetero) is 1. The molecule has 3 rings (SSSR count). The minimum atomic E-state index is 0.156. The van der Waals surface area contributed by atoms with Crippen LogP contribution < -0.4 is 4.74 Å². The number of carbonyl (C=O) groups is 1. The molecule has 0 fully saturated rings. The summed E-state index contributed by atoms with van der Waals surface area (Å²) >= 11 is 7.99. The first-order valence-electron chi connectivity index (χ1n) is 5.35. The fourth-order valence-electron chi connectivity index (χ4n) is 2.27. The number of hydrogen-bond acceptors (Lipinski definition) is 3. The SMILES string of the molecule is O=C1CCSCc2c3c(cc(Cl)c21)CCO3. The monoisotopic (exact) mass is 254 g/mol. The van der Waals surface area contributed by atoms with Crippen LogP contribution in [-0.4, -0.2) is 18.1 Å². The van der Waals surface area contributed by atoms with Gasteiger partial charge in [0.2, 0.25) is 0 Å². The highest BCUT2D eigenvalue weighted by Gasteiger charge is 2.27. The zero-order valence-electron chi connectivity index (χ0n) is 8.72. The van der Waals surface area contributed by atoms with Gasteiger partial charge in [0, 0.05) is 35.5 Å². The number of hydrogen-bond donors (Lipinski definition) is 0. The minimum Gasteiger partial charge on any atom is -0.493 e. The molecule has 0 saturated carbocycles. The van der Waals surface area contributed by atoms with Crippen molar-refractivity contribution in [3.05, 3.63) is 27.8 Å². The zero-order chi connectivity index (χ0) is 11.1. The van der Waals surface area contributed by atoms with E-state index in [9.17, 15) is 4.79 Å². The molecular formula is C12H11ClO2S. The summed E-state index contributed by atoms with van der Waals surface area (Å²) in [5, 5.41) is 0.603. The predicted molar refractivity (Wildman–Crippen MR) is 65.8 cm³/mol. The van der Waals surface area contributed by atoms with Gasteiger partial charge in [-0.15, -0.1) is 0 Å². The number of thioether (sulfide) groups is 1. The Bertz CT molecular complexity index is 471. The van der Waals surface area contributed by atoms with E-state index in [-0.39, 0.29) is 5.78 Å². The molecule has 0 aromatic heterocycles. The number of carbonyl (C=O) groups excluding carboxylic acids is 1. The molecule has 2 aliphatic rings. The lowest BCUT2D eigenvalue weighted by Gasteiger charge is -2.11. The lowest BCUT2D eigenvalue weighted by atomic mass is 9.98. The van der Waals surface area contributed by atoms with Gasteiger partial charge in [-0.2, -0.15) is 11.8 Å². The smallest absolute Gasteiger partial charge is 0.165 e. The largest absolute Gasteiger partial charge is 0.493 e. The van der Waals surface area contributed by atoms with Crippen LogP contribution in [0.25, 0.3) is 0 Å². The van der Waals surface area contributed by atoms with Crippen molar-refractivity contribution in [1.29, 1.82) is 0 Å². The maximum absolute atomic E-state index is 12.0. The van der Waals surface area contributed by atoms with E-state index in [0.717, 1.165) is 34.8 Å². The van der Waals surface area contributed by atoms with Gasteiger partial charge in [-0.1, -0.05) is 11.6 Å². The second kappa shape index (κ2) is 3.97. The van der Waals surface area contributed by atoms with E-state index in [0.29, 0.717) is 23.6 Å². The Hall–Kier alpha value is -0.670. The highest BCUT2D eigenvalue weighted by Crippen LogP contribution is 2.40. The molecule has 4 heteroatoms. The maximum atomic E-state index is 12.0. The molecule has 0 spiro atoms. The van der Waals surface area contributed by atoms with Crippen molar-refractivity contribution in [2.45, 2.75) is 18.6 Å². The van der Waals surface area contributed by atoms with Crippen molar-refractivity contribution in [2.24, 2.45) is 0 Å². The Morgan fingerprint density at radius 1 is 1.38 bits per heavy atom. The van der Waals surface area contributed by atoms with Crippen LogP contribution in [-0.2, 0) is 12.2 Å². The highest BCUT2D eigenvalue weighted by molar-refractivity contribution is 7.98. The van der Waals surface area contributed by atoms with Crippen LogP contribution in [0.1, 0.15) is 27.9 Å². The third kappa shape index (κ3) is 1.54. The summed E-state index contributed by atoms with van der Waals surface area (Å²) in [6, 6.07) is 1.90. The first-order valence-corrected chi connectivity index (χ1v) is 6.88. The Morgan fingerprint density at radius 3 is 3.12 bits per heavy atom. The molecule has 0 bridgehead atoms. The molecule has 1 aromatic rings. The number of halogens is 1. The number of benzene rings is 1. The Morgan fingerprint density at radius 2 is 2.25 bits per heavy atom. The Labute approximate surface area is 103 Å². The van der Waals surface area contributed by atoms with E-state index in [1.807, 2.05) is 6.07 Å². The van der Waals surface area contributed by atoms with E-state index in [2.05, 4.69) is 0 Å². The number of rotatable bonds is 0. The second-order valence-corrected chi connectivity index (χ2v) is 5.54. The van der Waals surface area contributed by atoms with Crippen LogP contribution in [0.2, 0.25) is 5.02 Å². The molecule has 2 nitrogen and oxygen atoms in total. The molecule has 0 saturated heterocycles. The average molecular weight is 255 g/mol.